The Morgan fingerprint density at radius 1 is 1.14 bits per heavy atom. The van der Waals surface area contributed by atoms with E-state index in [1.54, 1.807) is 17.0 Å². The lowest BCUT2D eigenvalue weighted by Crippen LogP contribution is -2.33. The van der Waals surface area contributed by atoms with Gasteiger partial charge in [0, 0.05) is 18.7 Å². The van der Waals surface area contributed by atoms with E-state index in [-0.39, 0.29) is 10.8 Å². The monoisotopic (exact) mass is 312 g/mol. The third-order valence-electron chi connectivity index (χ3n) is 3.26. The Kier molecular flexibility index (Phi) is 6.84. The highest BCUT2D eigenvalue weighted by atomic mass is 32.2. The highest BCUT2D eigenvalue weighted by molar-refractivity contribution is 7.89. The van der Waals surface area contributed by atoms with Crippen LogP contribution < -0.4 is 5.14 Å². The summed E-state index contributed by atoms with van der Waals surface area (Å²) in [4.78, 5) is 14.3. The van der Waals surface area contributed by atoms with E-state index >= 15 is 0 Å². The second-order valence-corrected chi connectivity index (χ2v) is 6.63. The van der Waals surface area contributed by atoms with Gasteiger partial charge in [-0.05, 0) is 31.0 Å². The molecule has 1 amide bonds. The van der Waals surface area contributed by atoms with Crippen LogP contribution in [-0.4, -0.2) is 32.3 Å². The van der Waals surface area contributed by atoms with Crippen LogP contribution in [0, 0.1) is 0 Å². The van der Waals surface area contributed by atoms with Gasteiger partial charge >= 0.3 is 0 Å². The average molecular weight is 312 g/mol. The van der Waals surface area contributed by atoms with Crippen molar-refractivity contribution in [3.05, 3.63) is 29.8 Å². The number of carbonyl (C=O) groups is 1. The van der Waals surface area contributed by atoms with E-state index in [2.05, 4.69) is 13.8 Å². The van der Waals surface area contributed by atoms with Gasteiger partial charge in [0.05, 0.1) is 4.90 Å². The van der Waals surface area contributed by atoms with E-state index in [9.17, 15) is 13.2 Å². The molecular weight excluding hydrogens is 288 g/mol. The Hall–Kier alpha value is -1.40. The molecule has 1 aromatic carbocycles. The zero-order valence-corrected chi connectivity index (χ0v) is 13.5. The first-order valence-electron chi connectivity index (χ1n) is 7.32. The fraction of sp³-hybridized carbons (Fsp3) is 0.533. The molecule has 0 unspecified atom stereocenters. The van der Waals surface area contributed by atoms with Crippen LogP contribution in [0.2, 0.25) is 0 Å². The summed E-state index contributed by atoms with van der Waals surface area (Å²) in [5.41, 5.74) is 0.369. The van der Waals surface area contributed by atoms with Crippen molar-refractivity contribution in [2.75, 3.05) is 13.1 Å². The summed E-state index contributed by atoms with van der Waals surface area (Å²) in [6, 6.07) is 5.92. The van der Waals surface area contributed by atoms with Gasteiger partial charge in [0.25, 0.3) is 5.91 Å². The molecule has 0 spiro atoms. The van der Waals surface area contributed by atoms with Crippen molar-refractivity contribution in [1.29, 1.82) is 0 Å². The predicted octanol–water partition coefficient (Wildman–Crippen LogP) is 2.38. The van der Waals surface area contributed by atoms with Gasteiger partial charge in [0.15, 0.2) is 0 Å². The highest BCUT2D eigenvalue weighted by Gasteiger charge is 2.17. The minimum Gasteiger partial charge on any atom is -0.339 e. The van der Waals surface area contributed by atoms with Crippen molar-refractivity contribution in [2.45, 2.75) is 44.4 Å². The molecule has 0 heterocycles. The maximum Gasteiger partial charge on any atom is 0.253 e. The Balaban J connectivity index is 2.97. The Labute approximate surface area is 127 Å². The fourth-order valence-electron chi connectivity index (χ4n) is 2.00. The van der Waals surface area contributed by atoms with Gasteiger partial charge in [0.1, 0.15) is 0 Å². The number of benzene rings is 1. The van der Waals surface area contributed by atoms with Crippen LogP contribution in [0.3, 0.4) is 0 Å². The van der Waals surface area contributed by atoms with Crippen LogP contribution in [-0.2, 0) is 10.0 Å². The summed E-state index contributed by atoms with van der Waals surface area (Å²) in [6.45, 7) is 5.53. The molecule has 21 heavy (non-hydrogen) atoms. The summed E-state index contributed by atoms with van der Waals surface area (Å²) < 4.78 is 22.7. The van der Waals surface area contributed by atoms with Crippen LogP contribution in [0.15, 0.2) is 29.2 Å². The van der Waals surface area contributed by atoms with Gasteiger partial charge < -0.3 is 4.90 Å². The Morgan fingerprint density at radius 2 is 1.71 bits per heavy atom. The molecular formula is C15H24N2O3S. The van der Waals surface area contributed by atoms with Gasteiger partial charge in [-0.25, -0.2) is 13.6 Å². The molecule has 0 radical (unpaired) electrons. The molecule has 0 aromatic heterocycles. The molecule has 1 rings (SSSR count). The fourth-order valence-corrected chi connectivity index (χ4v) is 2.56. The van der Waals surface area contributed by atoms with Crippen LogP contribution in [0.25, 0.3) is 0 Å². The lowest BCUT2D eigenvalue weighted by Gasteiger charge is -2.22. The minimum atomic E-state index is -3.79. The number of sulfonamides is 1. The molecule has 0 aliphatic heterocycles. The quantitative estimate of drug-likeness (QED) is 0.800. The molecule has 118 valence electrons. The number of hydrogen-bond acceptors (Lipinski definition) is 3. The van der Waals surface area contributed by atoms with E-state index in [0.717, 1.165) is 25.7 Å². The van der Waals surface area contributed by atoms with E-state index in [1.165, 1.54) is 12.1 Å². The number of amides is 1. The zero-order valence-electron chi connectivity index (χ0n) is 12.7. The summed E-state index contributed by atoms with van der Waals surface area (Å²) in [6.07, 6.45) is 3.88. The molecule has 5 nitrogen and oxygen atoms in total. The zero-order chi connectivity index (χ0) is 15.9. The smallest absolute Gasteiger partial charge is 0.253 e. The van der Waals surface area contributed by atoms with Gasteiger partial charge in [-0.3, -0.25) is 4.79 Å². The summed E-state index contributed by atoms with van der Waals surface area (Å²) >= 11 is 0. The van der Waals surface area contributed by atoms with E-state index in [1.807, 2.05) is 0 Å². The Morgan fingerprint density at radius 3 is 2.19 bits per heavy atom. The summed E-state index contributed by atoms with van der Waals surface area (Å²) in [7, 11) is -3.79. The molecule has 0 saturated heterocycles. The number of rotatable bonds is 8. The third kappa shape index (κ3) is 5.47. The number of primary sulfonamides is 1. The maximum absolute atomic E-state index is 12.5. The number of hydrogen-bond donors (Lipinski definition) is 1. The number of nitrogens with two attached hydrogens (primary N) is 1. The van der Waals surface area contributed by atoms with Gasteiger partial charge in [0.2, 0.25) is 10.0 Å². The van der Waals surface area contributed by atoms with Crippen LogP contribution in [0.5, 0.6) is 0 Å². The molecule has 0 aliphatic carbocycles. The Bertz CT molecular complexity index is 562. The molecule has 2 N–H and O–H groups in total. The first-order chi connectivity index (χ1) is 9.90. The van der Waals surface area contributed by atoms with Crippen LogP contribution in [0.1, 0.15) is 49.9 Å². The van der Waals surface area contributed by atoms with Crippen LogP contribution in [0.4, 0.5) is 0 Å². The van der Waals surface area contributed by atoms with E-state index < -0.39 is 10.0 Å². The van der Waals surface area contributed by atoms with Crippen molar-refractivity contribution in [3.63, 3.8) is 0 Å². The largest absolute Gasteiger partial charge is 0.339 e. The second-order valence-electron chi connectivity index (χ2n) is 5.07. The summed E-state index contributed by atoms with van der Waals surface area (Å²) in [5.74, 6) is -0.137. The predicted molar refractivity (Wildman–Crippen MR) is 83.5 cm³/mol. The maximum atomic E-state index is 12.5. The van der Waals surface area contributed by atoms with Gasteiger partial charge in [-0.1, -0.05) is 32.8 Å². The lowest BCUT2D eigenvalue weighted by atomic mass is 10.1. The van der Waals surface area contributed by atoms with E-state index in [0.29, 0.717) is 18.7 Å². The topological polar surface area (TPSA) is 80.5 Å². The molecule has 0 bridgehead atoms. The number of unbranched alkanes of at least 4 members (excludes halogenated alkanes) is 2. The minimum absolute atomic E-state index is 0.0284. The molecule has 0 fully saturated rings. The number of nitrogens with zero attached hydrogens (tertiary/aromatic N) is 1. The number of carbonyl (C=O) groups excluding carboxylic acids is 1. The average Bonchev–Trinajstić information content (AvgIpc) is 2.46. The molecule has 1 aromatic rings. The van der Waals surface area contributed by atoms with Crippen molar-refractivity contribution >= 4 is 15.9 Å². The molecule has 0 aliphatic rings. The standard InChI is InChI=1S/C15H24N2O3S/c1-3-5-10-17(11-6-4-2)15(18)13-8-7-9-14(12-13)21(16,19)20/h7-9,12H,3-6,10-11H2,1-2H3,(H2,16,19,20). The van der Waals surface area contributed by atoms with Crippen molar-refractivity contribution in [2.24, 2.45) is 5.14 Å². The summed E-state index contributed by atoms with van der Waals surface area (Å²) in [5, 5.41) is 5.11. The molecule has 0 saturated carbocycles. The lowest BCUT2D eigenvalue weighted by molar-refractivity contribution is 0.0751. The van der Waals surface area contributed by atoms with Gasteiger partial charge in [-0.2, -0.15) is 0 Å². The van der Waals surface area contributed by atoms with Gasteiger partial charge in [-0.15, -0.1) is 0 Å². The first kappa shape index (κ1) is 17.7. The third-order valence-corrected chi connectivity index (χ3v) is 4.17. The normalized spacial score (nSPS) is 11.4. The van der Waals surface area contributed by atoms with Crippen LogP contribution >= 0.6 is 0 Å². The van der Waals surface area contributed by atoms with Crippen molar-refractivity contribution in [3.8, 4) is 0 Å². The van der Waals surface area contributed by atoms with E-state index in [4.69, 9.17) is 5.14 Å². The van der Waals surface area contributed by atoms with Crippen molar-refractivity contribution < 1.29 is 13.2 Å². The molecule has 6 heteroatoms. The molecule has 0 atom stereocenters. The second kappa shape index (κ2) is 8.14. The highest BCUT2D eigenvalue weighted by Crippen LogP contribution is 2.13. The first-order valence-corrected chi connectivity index (χ1v) is 8.87. The SMILES string of the molecule is CCCCN(CCCC)C(=O)c1cccc(S(N)(=O)=O)c1. The van der Waals surface area contributed by atoms with Crippen molar-refractivity contribution in [1.82, 2.24) is 4.90 Å².